The van der Waals surface area contributed by atoms with E-state index in [0.717, 1.165) is 50.4 Å². The summed E-state index contributed by atoms with van der Waals surface area (Å²) in [5, 5.41) is 0. The first kappa shape index (κ1) is 16.1. The molecule has 2 aliphatic rings. The SMILES string of the molecule is Cc1cnc(N2CCC3(CCC(=O)N3Cc3ccccc3)CC2)nc1. The van der Waals surface area contributed by atoms with E-state index in [9.17, 15) is 4.79 Å². The van der Waals surface area contributed by atoms with E-state index in [-0.39, 0.29) is 5.54 Å². The smallest absolute Gasteiger partial charge is 0.225 e. The van der Waals surface area contributed by atoms with Crippen molar-refractivity contribution in [1.82, 2.24) is 14.9 Å². The molecule has 0 saturated carbocycles. The maximum Gasteiger partial charge on any atom is 0.225 e. The number of carbonyl (C=O) groups is 1. The molecule has 1 aromatic carbocycles. The second kappa shape index (κ2) is 6.47. The Morgan fingerprint density at radius 3 is 2.40 bits per heavy atom. The van der Waals surface area contributed by atoms with Gasteiger partial charge in [-0.25, -0.2) is 9.97 Å². The molecule has 130 valence electrons. The highest BCUT2D eigenvalue weighted by molar-refractivity contribution is 5.79. The molecule has 5 heteroatoms. The van der Waals surface area contributed by atoms with Crippen LogP contribution in [-0.4, -0.2) is 39.4 Å². The minimum Gasteiger partial charge on any atom is -0.341 e. The number of aromatic nitrogens is 2. The van der Waals surface area contributed by atoms with Crippen LogP contribution in [-0.2, 0) is 11.3 Å². The molecule has 4 rings (SSSR count). The van der Waals surface area contributed by atoms with Crippen LogP contribution in [0.3, 0.4) is 0 Å². The molecule has 25 heavy (non-hydrogen) atoms. The second-order valence-corrected chi connectivity index (χ2v) is 7.24. The first-order valence-electron chi connectivity index (χ1n) is 9.04. The molecule has 0 aliphatic carbocycles. The summed E-state index contributed by atoms with van der Waals surface area (Å²) in [4.78, 5) is 25.8. The van der Waals surface area contributed by atoms with E-state index < -0.39 is 0 Å². The van der Waals surface area contributed by atoms with Crippen LogP contribution in [0.4, 0.5) is 5.95 Å². The van der Waals surface area contributed by atoms with Crippen LogP contribution >= 0.6 is 0 Å². The Bertz CT molecular complexity index is 736. The summed E-state index contributed by atoms with van der Waals surface area (Å²) in [6, 6.07) is 10.3. The van der Waals surface area contributed by atoms with Crippen molar-refractivity contribution in [3.63, 3.8) is 0 Å². The Labute approximate surface area is 148 Å². The van der Waals surface area contributed by atoms with Gasteiger partial charge < -0.3 is 9.80 Å². The number of anilines is 1. The van der Waals surface area contributed by atoms with Crippen molar-refractivity contribution in [2.24, 2.45) is 0 Å². The zero-order valence-corrected chi connectivity index (χ0v) is 14.7. The van der Waals surface area contributed by atoms with E-state index in [2.05, 4.69) is 31.9 Å². The molecular weight excluding hydrogens is 312 g/mol. The molecule has 2 fully saturated rings. The number of benzene rings is 1. The molecule has 3 heterocycles. The van der Waals surface area contributed by atoms with Crippen LogP contribution in [0.5, 0.6) is 0 Å². The van der Waals surface area contributed by atoms with Crippen molar-refractivity contribution in [2.45, 2.75) is 44.7 Å². The Morgan fingerprint density at radius 2 is 1.72 bits per heavy atom. The molecule has 0 radical (unpaired) electrons. The fraction of sp³-hybridized carbons (Fsp3) is 0.450. The lowest BCUT2D eigenvalue weighted by atomic mass is 9.85. The third kappa shape index (κ3) is 3.11. The average molecular weight is 336 g/mol. The van der Waals surface area contributed by atoms with E-state index >= 15 is 0 Å². The van der Waals surface area contributed by atoms with Gasteiger partial charge in [0.2, 0.25) is 11.9 Å². The van der Waals surface area contributed by atoms with Crippen molar-refractivity contribution in [3.05, 3.63) is 53.9 Å². The molecule has 0 N–H and O–H groups in total. The van der Waals surface area contributed by atoms with Crippen LogP contribution in [0.25, 0.3) is 0 Å². The number of likely N-dealkylation sites (tertiary alicyclic amines) is 1. The van der Waals surface area contributed by atoms with Crippen molar-refractivity contribution >= 4 is 11.9 Å². The number of hydrogen-bond donors (Lipinski definition) is 0. The van der Waals surface area contributed by atoms with E-state index in [0.29, 0.717) is 12.3 Å². The summed E-state index contributed by atoms with van der Waals surface area (Å²) in [6.45, 7) is 4.53. The van der Waals surface area contributed by atoms with Crippen molar-refractivity contribution in [3.8, 4) is 0 Å². The lowest BCUT2D eigenvalue weighted by Gasteiger charge is -2.45. The summed E-state index contributed by atoms with van der Waals surface area (Å²) in [5.41, 5.74) is 2.29. The molecule has 2 saturated heterocycles. The molecule has 5 nitrogen and oxygen atoms in total. The maximum atomic E-state index is 12.5. The summed E-state index contributed by atoms with van der Waals surface area (Å²) >= 11 is 0. The fourth-order valence-electron chi connectivity index (χ4n) is 4.09. The first-order chi connectivity index (χ1) is 12.2. The Hall–Kier alpha value is -2.43. The first-order valence-corrected chi connectivity index (χ1v) is 9.04. The summed E-state index contributed by atoms with van der Waals surface area (Å²) in [7, 11) is 0. The summed E-state index contributed by atoms with van der Waals surface area (Å²) in [6.07, 6.45) is 7.36. The zero-order chi connectivity index (χ0) is 17.3. The quantitative estimate of drug-likeness (QED) is 0.865. The molecule has 1 aromatic heterocycles. The highest BCUT2D eigenvalue weighted by Crippen LogP contribution is 2.40. The molecular formula is C20H24N4O. The monoisotopic (exact) mass is 336 g/mol. The van der Waals surface area contributed by atoms with Crippen LogP contribution in [0, 0.1) is 6.92 Å². The van der Waals surface area contributed by atoms with Gasteiger partial charge in [-0.05, 0) is 37.3 Å². The Kier molecular flexibility index (Phi) is 4.15. The number of nitrogens with zero attached hydrogens (tertiary/aromatic N) is 4. The van der Waals surface area contributed by atoms with Crippen molar-refractivity contribution in [1.29, 1.82) is 0 Å². The number of hydrogen-bond acceptors (Lipinski definition) is 4. The highest BCUT2D eigenvalue weighted by Gasteiger charge is 2.46. The maximum absolute atomic E-state index is 12.5. The normalized spacial score (nSPS) is 19.6. The van der Waals surface area contributed by atoms with Crippen LogP contribution in [0.2, 0.25) is 0 Å². The van der Waals surface area contributed by atoms with Gasteiger partial charge in [-0.3, -0.25) is 4.79 Å². The van der Waals surface area contributed by atoms with E-state index in [1.165, 1.54) is 5.56 Å². The van der Waals surface area contributed by atoms with Gasteiger partial charge in [0.25, 0.3) is 0 Å². The molecule has 0 atom stereocenters. The fourth-order valence-corrected chi connectivity index (χ4v) is 4.09. The average Bonchev–Trinajstić information content (AvgIpc) is 2.94. The van der Waals surface area contributed by atoms with Crippen LogP contribution in [0.15, 0.2) is 42.7 Å². The van der Waals surface area contributed by atoms with Gasteiger partial charge in [-0.2, -0.15) is 0 Å². The summed E-state index contributed by atoms with van der Waals surface area (Å²) < 4.78 is 0. The lowest BCUT2D eigenvalue weighted by molar-refractivity contribution is -0.132. The largest absolute Gasteiger partial charge is 0.341 e. The summed E-state index contributed by atoms with van der Waals surface area (Å²) in [5.74, 6) is 1.10. The van der Waals surface area contributed by atoms with Gasteiger partial charge in [-0.1, -0.05) is 30.3 Å². The van der Waals surface area contributed by atoms with Crippen LogP contribution in [0.1, 0.15) is 36.8 Å². The number of piperidine rings is 1. The highest BCUT2D eigenvalue weighted by atomic mass is 16.2. The molecule has 0 unspecified atom stereocenters. The molecule has 0 bridgehead atoms. The van der Waals surface area contributed by atoms with Gasteiger partial charge in [0.1, 0.15) is 0 Å². The predicted molar refractivity (Wildman–Crippen MR) is 97.2 cm³/mol. The number of carbonyl (C=O) groups excluding carboxylic acids is 1. The second-order valence-electron chi connectivity index (χ2n) is 7.24. The van der Waals surface area contributed by atoms with Crippen molar-refractivity contribution < 1.29 is 4.79 Å². The van der Waals surface area contributed by atoms with Gasteiger partial charge >= 0.3 is 0 Å². The topological polar surface area (TPSA) is 49.3 Å². The van der Waals surface area contributed by atoms with E-state index in [1.807, 2.05) is 37.5 Å². The third-order valence-corrected chi connectivity index (χ3v) is 5.61. The van der Waals surface area contributed by atoms with Gasteiger partial charge in [0, 0.05) is 44.0 Å². The molecule has 1 spiro atoms. The number of rotatable bonds is 3. The minimum atomic E-state index is 0.00806. The Balaban J connectivity index is 1.48. The standard InChI is InChI=1S/C20H24N4O/c1-16-13-21-19(22-14-16)23-11-9-20(10-12-23)8-7-18(25)24(20)15-17-5-3-2-4-6-17/h2-6,13-14H,7-12,15H2,1H3. The van der Waals surface area contributed by atoms with Gasteiger partial charge in [-0.15, -0.1) is 0 Å². The molecule has 2 aliphatic heterocycles. The Morgan fingerprint density at radius 1 is 1.04 bits per heavy atom. The third-order valence-electron chi connectivity index (χ3n) is 5.61. The molecule has 1 amide bonds. The van der Waals surface area contributed by atoms with Gasteiger partial charge in [0.15, 0.2) is 0 Å². The zero-order valence-electron chi connectivity index (χ0n) is 14.7. The van der Waals surface area contributed by atoms with Gasteiger partial charge in [0.05, 0.1) is 0 Å². The minimum absolute atomic E-state index is 0.00806. The van der Waals surface area contributed by atoms with Crippen LogP contribution < -0.4 is 4.90 Å². The van der Waals surface area contributed by atoms with E-state index in [4.69, 9.17) is 0 Å². The number of aryl methyl sites for hydroxylation is 1. The number of amides is 1. The predicted octanol–water partition coefficient (Wildman–Crippen LogP) is 2.95. The van der Waals surface area contributed by atoms with E-state index in [1.54, 1.807) is 0 Å². The van der Waals surface area contributed by atoms with Crippen molar-refractivity contribution in [2.75, 3.05) is 18.0 Å². The lowest BCUT2D eigenvalue weighted by Crippen LogP contribution is -2.53. The molecule has 2 aromatic rings.